The predicted molar refractivity (Wildman–Crippen MR) is 121 cm³/mol. The smallest absolute Gasteiger partial charge is 0.265 e. The van der Waals surface area contributed by atoms with Crippen molar-refractivity contribution < 1.29 is 14.3 Å². The van der Waals surface area contributed by atoms with Crippen molar-refractivity contribution >= 4 is 17.5 Å². The lowest BCUT2D eigenvalue weighted by atomic mass is 10.0. The molecule has 1 aromatic heterocycles. The average molecular weight is 418 g/mol. The Kier molecular flexibility index (Phi) is 7.38. The summed E-state index contributed by atoms with van der Waals surface area (Å²) >= 11 is 0. The zero-order valence-electron chi connectivity index (χ0n) is 18.0. The molecule has 0 saturated carbocycles. The number of hydrogen-bond acceptors (Lipinski definition) is 4. The summed E-state index contributed by atoms with van der Waals surface area (Å²) in [6.45, 7) is 6.36. The first-order valence-corrected chi connectivity index (χ1v) is 10.3. The molecule has 0 aliphatic heterocycles. The van der Waals surface area contributed by atoms with Crippen LogP contribution >= 0.6 is 0 Å². The Balaban J connectivity index is 1.49. The highest BCUT2D eigenvalue weighted by atomic mass is 16.5. The highest BCUT2D eigenvalue weighted by Crippen LogP contribution is 2.20. The second-order valence-electron chi connectivity index (χ2n) is 7.59. The van der Waals surface area contributed by atoms with Gasteiger partial charge in [0.2, 0.25) is 0 Å². The van der Waals surface area contributed by atoms with E-state index < -0.39 is 6.10 Å². The van der Waals surface area contributed by atoms with Crippen LogP contribution in [0.1, 0.15) is 48.2 Å². The van der Waals surface area contributed by atoms with Crippen molar-refractivity contribution in [3.63, 3.8) is 0 Å². The normalized spacial score (nSPS) is 11.6. The lowest BCUT2D eigenvalue weighted by molar-refractivity contribution is -0.122. The number of rotatable bonds is 8. The van der Waals surface area contributed by atoms with Crippen molar-refractivity contribution in [2.24, 2.45) is 0 Å². The molecular weight excluding hydrogens is 390 g/mol. The number of nitrogens with zero attached hydrogens (tertiary/aromatic N) is 1. The monoisotopic (exact) mass is 417 g/mol. The molecule has 160 valence electrons. The number of pyridine rings is 1. The number of benzene rings is 2. The molecule has 6 nitrogen and oxygen atoms in total. The highest BCUT2D eigenvalue weighted by Gasteiger charge is 2.15. The van der Waals surface area contributed by atoms with Gasteiger partial charge in [0, 0.05) is 24.6 Å². The van der Waals surface area contributed by atoms with Crippen LogP contribution in [0.15, 0.2) is 73.1 Å². The molecule has 2 N–H and O–H groups in total. The van der Waals surface area contributed by atoms with Crippen LogP contribution in [0.25, 0.3) is 0 Å². The maximum atomic E-state index is 12.4. The zero-order valence-corrected chi connectivity index (χ0v) is 18.0. The summed E-state index contributed by atoms with van der Waals surface area (Å²) in [5.74, 6) is 0.691. The van der Waals surface area contributed by atoms with Crippen LogP contribution in [0.5, 0.6) is 5.75 Å². The highest BCUT2D eigenvalue weighted by molar-refractivity contribution is 5.94. The fourth-order valence-corrected chi connectivity index (χ4v) is 2.92. The van der Waals surface area contributed by atoms with Gasteiger partial charge in [0.25, 0.3) is 11.8 Å². The van der Waals surface area contributed by atoms with Crippen LogP contribution in [0.4, 0.5) is 5.69 Å². The van der Waals surface area contributed by atoms with E-state index in [1.54, 1.807) is 37.4 Å². The van der Waals surface area contributed by atoms with Gasteiger partial charge in [0.05, 0.1) is 5.56 Å². The predicted octanol–water partition coefficient (Wildman–Crippen LogP) is 4.54. The summed E-state index contributed by atoms with van der Waals surface area (Å²) in [5, 5.41) is 5.70. The number of aromatic nitrogens is 1. The number of hydrogen-bond donors (Lipinski definition) is 2. The Morgan fingerprint density at radius 2 is 1.68 bits per heavy atom. The standard InChI is InChI=1S/C25H27N3O3/c1-17(2)20-8-12-23(13-9-20)31-18(3)24(29)28-22-10-6-19(7-11-22)15-27-25(30)21-5-4-14-26-16-21/h4-14,16-18H,15H2,1-3H3,(H,27,30)(H,28,29). The molecule has 3 rings (SSSR count). The molecule has 3 aromatic rings. The Morgan fingerprint density at radius 3 is 2.29 bits per heavy atom. The number of carbonyl (C=O) groups is 2. The van der Waals surface area contributed by atoms with Crippen molar-refractivity contribution in [3.8, 4) is 5.75 Å². The Bertz CT molecular complexity index is 1000. The van der Waals surface area contributed by atoms with Gasteiger partial charge in [-0.3, -0.25) is 14.6 Å². The summed E-state index contributed by atoms with van der Waals surface area (Å²) in [4.78, 5) is 28.5. The largest absolute Gasteiger partial charge is 0.481 e. The molecule has 2 amide bonds. The first-order valence-electron chi connectivity index (χ1n) is 10.3. The summed E-state index contributed by atoms with van der Waals surface area (Å²) < 4.78 is 5.75. The quantitative estimate of drug-likeness (QED) is 0.564. The van der Waals surface area contributed by atoms with Gasteiger partial charge in [-0.1, -0.05) is 38.1 Å². The summed E-state index contributed by atoms with van der Waals surface area (Å²) in [5.41, 5.74) is 3.32. The molecule has 1 unspecified atom stereocenters. The van der Waals surface area contributed by atoms with Crippen molar-refractivity contribution in [2.75, 3.05) is 5.32 Å². The van der Waals surface area contributed by atoms with Crippen LogP contribution < -0.4 is 15.4 Å². The Morgan fingerprint density at radius 1 is 0.968 bits per heavy atom. The Labute approximate surface area is 182 Å². The fraction of sp³-hybridized carbons (Fsp3) is 0.240. The van der Waals surface area contributed by atoms with Gasteiger partial charge in [0.15, 0.2) is 6.10 Å². The van der Waals surface area contributed by atoms with E-state index in [-0.39, 0.29) is 11.8 Å². The van der Waals surface area contributed by atoms with E-state index in [0.717, 1.165) is 5.56 Å². The SMILES string of the molecule is CC(Oc1ccc(C(C)C)cc1)C(=O)Nc1ccc(CNC(=O)c2cccnc2)cc1. The third-order valence-corrected chi connectivity index (χ3v) is 4.83. The van der Waals surface area contributed by atoms with E-state index in [1.807, 2.05) is 36.4 Å². The molecule has 0 aliphatic carbocycles. The lowest BCUT2D eigenvalue weighted by Gasteiger charge is -2.16. The maximum Gasteiger partial charge on any atom is 0.265 e. The van der Waals surface area contributed by atoms with Crippen molar-refractivity contribution in [2.45, 2.75) is 39.3 Å². The van der Waals surface area contributed by atoms with Crippen LogP contribution in [0.3, 0.4) is 0 Å². The third kappa shape index (κ3) is 6.40. The van der Waals surface area contributed by atoms with Crippen LogP contribution in [0.2, 0.25) is 0 Å². The molecule has 0 aliphatic rings. The molecule has 0 saturated heterocycles. The minimum Gasteiger partial charge on any atom is -0.481 e. The van der Waals surface area contributed by atoms with Gasteiger partial charge >= 0.3 is 0 Å². The van der Waals surface area contributed by atoms with Gasteiger partial charge < -0.3 is 15.4 Å². The van der Waals surface area contributed by atoms with E-state index in [1.165, 1.54) is 11.8 Å². The molecular formula is C25H27N3O3. The van der Waals surface area contributed by atoms with Crippen molar-refractivity contribution in [1.82, 2.24) is 10.3 Å². The Hall–Kier alpha value is -3.67. The third-order valence-electron chi connectivity index (χ3n) is 4.83. The van der Waals surface area contributed by atoms with Gasteiger partial charge in [0.1, 0.15) is 5.75 Å². The van der Waals surface area contributed by atoms with E-state index in [9.17, 15) is 9.59 Å². The van der Waals surface area contributed by atoms with Crippen molar-refractivity contribution in [3.05, 3.63) is 89.7 Å². The number of nitrogens with one attached hydrogen (secondary N) is 2. The second kappa shape index (κ2) is 10.4. The molecule has 1 heterocycles. The summed E-state index contributed by atoms with van der Waals surface area (Å²) in [6, 6.07) is 18.5. The summed E-state index contributed by atoms with van der Waals surface area (Å²) in [7, 11) is 0. The molecule has 31 heavy (non-hydrogen) atoms. The zero-order chi connectivity index (χ0) is 22.2. The van der Waals surface area contributed by atoms with Gasteiger partial charge in [-0.05, 0) is 60.4 Å². The molecule has 0 spiro atoms. The topological polar surface area (TPSA) is 80.3 Å². The molecule has 6 heteroatoms. The van der Waals surface area contributed by atoms with Gasteiger partial charge in [-0.2, -0.15) is 0 Å². The van der Waals surface area contributed by atoms with Crippen LogP contribution in [0, 0.1) is 0 Å². The van der Waals surface area contributed by atoms with E-state index in [0.29, 0.717) is 29.5 Å². The van der Waals surface area contributed by atoms with Crippen LogP contribution in [-0.2, 0) is 11.3 Å². The second-order valence-corrected chi connectivity index (χ2v) is 7.59. The van der Waals surface area contributed by atoms with E-state index in [2.05, 4.69) is 29.5 Å². The molecule has 2 aromatic carbocycles. The van der Waals surface area contributed by atoms with E-state index in [4.69, 9.17) is 4.74 Å². The maximum absolute atomic E-state index is 12.4. The molecule has 0 bridgehead atoms. The number of amides is 2. The first kappa shape index (κ1) is 22.0. The number of anilines is 1. The van der Waals surface area contributed by atoms with Crippen molar-refractivity contribution in [1.29, 1.82) is 0 Å². The number of carbonyl (C=O) groups excluding carboxylic acids is 2. The van der Waals surface area contributed by atoms with E-state index >= 15 is 0 Å². The van der Waals surface area contributed by atoms with Gasteiger partial charge in [-0.15, -0.1) is 0 Å². The van der Waals surface area contributed by atoms with Crippen LogP contribution in [-0.4, -0.2) is 22.9 Å². The first-order chi connectivity index (χ1) is 14.9. The minimum absolute atomic E-state index is 0.183. The minimum atomic E-state index is -0.636. The lowest BCUT2D eigenvalue weighted by Crippen LogP contribution is -2.30. The average Bonchev–Trinajstić information content (AvgIpc) is 2.79. The number of ether oxygens (including phenoxy) is 1. The fourth-order valence-electron chi connectivity index (χ4n) is 2.92. The molecule has 0 fully saturated rings. The van der Waals surface area contributed by atoms with Gasteiger partial charge in [-0.25, -0.2) is 0 Å². The molecule has 0 radical (unpaired) electrons. The molecule has 1 atom stereocenters. The summed E-state index contributed by atoms with van der Waals surface area (Å²) in [6.07, 6.45) is 2.51.